The summed E-state index contributed by atoms with van der Waals surface area (Å²) in [6.07, 6.45) is 0. The molecule has 0 aliphatic carbocycles. The molecule has 2 atom stereocenters. The van der Waals surface area contributed by atoms with Crippen LogP contribution in [-0.4, -0.2) is 62.7 Å². The van der Waals surface area contributed by atoms with Crippen LogP contribution in [-0.2, 0) is 14.4 Å². The average molecular weight is 439 g/mol. The lowest BCUT2D eigenvalue weighted by atomic mass is 10.1. The summed E-state index contributed by atoms with van der Waals surface area (Å²) in [6, 6.07) is 9.56. The Balaban J connectivity index is 1.50. The van der Waals surface area contributed by atoms with E-state index in [0.717, 1.165) is 4.90 Å². The molecular formula is C21H21N5O6. The van der Waals surface area contributed by atoms with Crippen molar-refractivity contribution in [3.05, 3.63) is 42.5 Å². The van der Waals surface area contributed by atoms with Crippen molar-refractivity contribution in [2.45, 2.75) is 12.1 Å². The fourth-order valence-corrected chi connectivity index (χ4v) is 3.62. The summed E-state index contributed by atoms with van der Waals surface area (Å²) in [5, 5.41) is 11.8. The molecule has 0 unspecified atom stereocenters. The zero-order chi connectivity index (χ0) is 22.8. The van der Waals surface area contributed by atoms with Gasteiger partial charge in [0.05, 0.1) is 27.0 Å². The normalized spacial score (nSPS) is 19.2. The molecule has 1 fully saturated rings. The number of carbonyl (C=O) groups is 3. The van der Waals surface area contributed by atoms with Gasteiger partial charge in [0.25, 0.3) is 11.8 Å². The van der Waals surface area contributed by atoms with Crippen molar-refractivity contribution in [3.8, 4) is 17.2 Å². The Labute approximate surface area is 183 Å². The van der Waals surface area contributed by atoms with Crippen molar-refractivity contribution >= 4 is 29.1 Å². The van der Waals surface area contributed by atoms with E-state index in [1.807, 2.05) is 0 Å². The number of hydrogen-bond acceptors (Lipinski definition) is 9. The van der Waals surface area contributed by atoms with Crippen LogP contribution in [0.3, 0.4) is 0 Å². The van der Waals surface area contributed by atoms with Crippen molar-refractivity contribution in [2.75, 3.05) is 38.1 Å². The van der Waals surface area contributed by atoms with Gasteiger partial charge < -0.3 is 19.5 Å². The molecule has 2 aromatic rings. The van der Waals surface area contributed by atoms with Crippen molar-refractivity contribution in [1.82, 2.24) is 5.01 Å². The summed E-state index contributed by atoms with van der Waals surface area (Å²) >= 11 is 0. The van der Waals surface area contributed by atoms with Gasteiger partial charge in [-0.2, -0.15) is 5.11 Å². The maximum Gasteiger partial charge on any atom is 0.263 e. The Morgan fingerprint density at radius 2 is 1.78 bits per heavy atom. The fraction of sp³-hybridized carbons (Fsp3) is 0.286. The molecule has 166 valence electrons. The third kappa shape index (κ3) is 3.68. The molecule has 0 spiro atoms. The molecule has 0 radical (unpaired) electrons. The van der Waals surface area contributed by atoms with Gasteiger partial charge in [0.2, 0.25) is 5.91 Å². The predicted octanol–water partition coefficient (Wildman–Crippen LogP) is 1.64. The van der Waals surface area contributed by atoms with Gasteiger partial charge in [0.1, 0.15) is 12.3 Å². The van der Waals surface area contributed by atoms with Crippen LogP contribution < -0.4 is 24.4 Å². The molecule has 4 rings (SSSR count). The molecule has 0 saturated carbocycles. The molecule has 0 bridgehead atoms. The first-order valence-corrected chi connectivity index (χ1v) is 9.68. The van der Waals surface area contributed by atoms with Crippen LogP contribution in [0.1, 0.15) is 0 Å². The number of methoxy groups -OCH3 is 3. The Bertz CT molecular complexity index is 1100. The fourth-order valence-electron chi connectivity index (χ4n) is 3.62. The van der Waals surface area contributed by atoms with E-state index in [0.29, 0.717) is 28.6 Å². The maximum absolute atomic E-state index is 13.1. The van der Waals surface area contributed by atoms with Gasteiger partial charge in [-0.1, -0.05) is 11.3 Å². The van der Waals surface area contributed by atoms with E-state index in [4.69, 9.17) is 14.2 Å². The average Bonchev–Trinajstić information content (AvgIpc) is 3.32. The Kier molecular flexibility index (Phi) is 5.63. The van der Waals surface area contributed by atoms with E-state index in [2.05, 4.69) is 15.7 Å². The topological polar surface area (TPSA) is 122 Å². The predicted molar refractivity (Wildman–Crippen MR) is 113 cm³/mol. The van der Waals surface area contributed by atoms with Gasteiger partial charge in [0.15, 0.2) is 23.6 Å². The zero-order valence-electron chi connectivity index (χ0n) is 17.6. The Morgan fingerprint density at radius 3 is 2.50 bits per heavy atom. The maximum atomic E-state index is 13.1. The number of anilines is 2. The molecule has 1 N–H and O–H groups in total. The number of fused-ring (bicyclic) bond motifs is 1. The van der Waals surface area contributed by atoms with E-state index >= 15 is 0 Å². The number of imide groups is 1. The number of ether oxygens (including phenoxy) is 3. The summed E-state index contributed by atoms with van der Waals surface area (Å²) in [4.78, 5) is 39.5. The summed E-state index contributed by atoms with van der Waals surface area (Å²) in [7, 11) is 4.47. The highest BCUT2D eigenvalue weighted by Crippen LogP contribution is 2.36. The van der Waals surface area contributed by atoms with Crippen LogP contribution in [0.2, 0.25) is 0 Å². The van der Waals surface area contributed by atoms with Crippen LogP contribution in [0.4, 0.5) is 11.4 Å². The SMILES string of the molecule is COc1cccc(NC(=O)CN2N=N[C@@H]3C(=O)N(c4ccc(OC)c(OC)c4)C(=O)[C@@H]32)c1. The minimum Gasteiger partial charge on any atom is -0.497 e. The van der Waals surface area contributed by atoms with E-state index in [-0.39, 0.29) is 6.54 Å². The van der Waals surface area contributed by atoms with Gasteiger partial charge in [-0.3, -0.25) is 19.4 Å². The highest BCUT2D eigenvalue weighted by Gasteiger charge is 2.55. The highest BCUT2D eigenvalue weighted by atomic mass is 16.5. The second-order valence-electron chi connectivity index (χ2n) is 7.02. The highest BCUT2D eigenvalue weighted by molar-refractivity contribution is 6.25. The van der Waals surface area contributed by atoms with Crippen molar-refractivity contribution in [2.24, 2.45) is 10.3 Å². The summed E-state index contributed by atoms with van der Waals surface area (Å²) < 4.78 is 15.6. The zero-order valence-corrected chi connectivity index (χ0v) is 17.6. The van der Waals surface area contributed by atoms with Gasteiger partial charge in [-0.05, 0) is 24.3 Å². The molecule has 32 heavy (non-hydrogen) atoms. The van der Waals surface area contributed by atoms with Gasteiger partial charge in [0, 0.05) is 17.8 Å². The molecule has 2 aromatic carbocycles. The smallest absolute Gasteiger partial charge is 0.263 e. The molecular weight excluding hydrogens is 418 g/mol. The molecule has 2 aliphatic heterocycles. The van der Waals surface area contributed by atoms with Crippen LogP contribution >= 0.6 is 0 Å². The monoisotopic (exact) mass is 439 g/mol. The van der Waals surface area contributed by atoms with Gasteiger partial charge in [-0.25, -0.2) is 4.90 Å². The van der Waals surface area contributed by atoms with Crippen LogP contribution in [0.5, 0.6) is 17.2 Å². The van der Waals surface area contributed by atoms with E-state index in [9.17, 15) is 14.4 Å². The molecule has 0 aromatic heterocycles. The molecule has 3 amide bonds. The molecule has 11 nitrogen and oxygen atoms in total. The summed E-state index contributed by atoms with van der Waals surface area (Å²) in [6.45, 7) is -0.249. The number of carbonyl (C=O) groups excluding carboxylic acids is 3. The van der Waals surface area contributed by atoms with E-state index in [1.54, 1.807) is 36.4 Å². The number of nitrogens with one attached hydrogen (secondary N) is 1. The van der Waals surface area contributed by atoms with E-state index in [1.165, 1.54) is 32.4 Å². The molecule has 2 heterocycles. The number of hydrogen-bond donors (Lipinski definition) is 1. The van der Waals surface area contributed by atoms with Crippen LogP contribution in [0.25, 0.3) is 0 Å². The van der Waals surface area contributed by atoms with Crippen LogP contribution in [0.15, 0.2) is 52.8 Å². The minimum atomic E-state index is -1.01. The number of rotatable bonds is 7. The van der Waals surface area contributed by atoms with Gasteiger partial charge in [-0.15, -0.1) is 0 Å². The molecule has 11 heteroatoms. The lowest BCUT2D eigenvalue weighted by molar-refractivity contribution is -0.123. The first-order valence-electron chi connectivity index (χ1n) is 9.68. The molecule has 2 aliphatic rings. The number of benzene rings is 2. The van der Waals surface area contributed by atoms with Crippen molar-refractivity contribution < 1.29 is 28.6 Å². The Hall–Kier alpha value is -4.15. The third-order valence-electron chi connectivity index (χ3n) is 5.14. The van der Waals surface area contributed by atoms with E-state index < -0.39 is 29.8 Å². The third-order valence-corrected chi connectivity index (χ3v) is 5.14. The first kappa shape index (κ1) is 21.1. The lowest BCUT2D eigenvalue weighted by Crippen LogP contribution is -2.43. The largest absolute Gasteiger partial charge is 0.497 e. The molecule has 1 saturated heterocycles. The van der Waals surface area contributed by atoms with Crippen molar-refractivity contribution in [1.29, 1.82) is 0 Å². The first-order chi connectivity index (χ1) is 15.5. The minimum absolute atomic E-state index is 0.249. The number of nitrogens with zero attached hydrogens (tertiary/aromatic N) is 4. The summed E-state index contributed by atoms with van der Waals surface area (Å²) in [5.74, 6) is -0.0310. The second kappa shape index (κ2) is 8.53. The van der Waals surface area contributed by atoms with Gasteiger partial charge >= 0.3 is 0 Å². The summed E-state index contributed by atoms with van der Waals surface area (Å²) in [5.41, 5.74) is 0.853. The quantitative estimate of drug-likeness (QED) is 0.651. The van der Waals surface area contributed by atoms with Crippen molar-refractivity contribution in [3.63, 3.8) is 0 Å². The Morgan fingerprint density at radius 1 is 1.00 bits per heavy atom. The van der Waals surface area contributed by atoms with Crippen LogP contribution in [0, 0.1) is 0 Å². The lowest BCUT2D eigenvalue weighted by Gasteiger charge is -2.20. The number of amides is 3. The standard InChI is InChI=1S/C21H21N5O6/c1-30-14-6-4-5-12(9-14)22-17(27)11-25-19-18(23-24-25)20(28)26(21(19)29)13-7-8-15(31-2)16(10-13)32-3/h4-10,18-19H,11H2,1-3H3,(H,22,27)/t18-,19+/m0/s1. The second-order valence-corrected chi connectivity index (χ2v) is 7.02.